The molecule has 0 radical (unpaired) electrons. The SMILES string of the molecule is CC(=O)N1CCC[C@H]1C(=O)Nc1ccc(-c2nc(C)sc2-c2ccc(NC(=O)[C@@H]3CCCN3C(C)=O)cc2)cc1.Cc1nc(-c2ccc(NC(=O)[C@@H]3CCCN3C(=O)Cc3ccccc3)cc2)c(-c2ccc(NC(=O)[C@@H]3CCCN3C(=O)Cc3ccccc3)cc2)s1. The van der Waals surface area contributed by atoms with E-state index in [2.05, 4.69) is 21.3 Å². The molecule has 0 spiro atoms. The Morgan fingerprint density at radius 1 is 0.380 bits per heavy atom. The van der Waals surface area contributed by atoms with Crippen LogP contribution in [0.1, 0.15) is 86.4 Å². The van der Waals surface area contributed by atoms with Gasteiger partial charge in [-0.25, -0.2) is 9.97 Å². The molecule has 4 aliphatic rings. The highest BCUT2D eigenvalue weighted by molar-refractivity contribution is 7.16. The summed E-state index contributed by atoms with van der Waals surface area (Å²) < 4.78 is 0. The predicted octanol–water partition coefficient (Wildman–Crippen LogP) is 11.8. The monoisotopic (exact) mass is 1270 g/mol. The number of carbonyl (C=O) groups excluding carboxylic acids is 8. The van der Waals surface area contributed by atoms with E-state index in [1.807, 2.05) is 172 Å². The average Bonchev–Trinajstić information content (AvgIpc) is 2.57. The van der Waals surface area contributed by atoms with Crippen LogP contribution in [-0.4, -0.2) is 127 Å². The van der Waals surface area contributed by atoms with Crippen molar-refractivity contribution in [2.24, 2.45) is 0 Å². The molecule has 6 heterocycles. The van der Waals surface area contributed by atoms with Crippen molar-refractivity contribution < 1.29 is 38.4 Å². The van der Waals surface area contributed by atoms with E-state index < -0.39 is 24.2 Å². The van der Waals surface area contributed by atoms with Crippen molar-refractivity contribution >= 4 is 92.7 Å². The van der Waals surface area contributed by atoms with Crippen LogP contribution < -0.4 is 21.3 Å². The Morgan fingerprint density at radius 3 is 0.946 bits per heavy atom. The first-order chi connectivity index (χ1) is 44.5. The van der Waals surface area contributed by atoms with Crippen molar-refractivity contribution in [1.29, 1.82) is 0 Å². The summed E-state index contributed by atoms with van der Waals surface area (Å²) in [5.74, 6) is -0.908. The van der Waals surface area contributed by atoms with Gasteiger partial charge in [-0.3, -0.25) is 38.4 Å². The minimum atomic E-state index is -0.490. The fourth-order valence-electron chi connectivity index (χ4n) is 12.6. The van der Waals surface area contributed by atoms with Gasteiger partial charge in [0, 0.05) is 73.9 Å². The zero-order valence-corrected chi connectivity index (χ0v) is 53.6. The highest BCUT2D eigenvalue weighted by atomic mass is 32.1. The number of hydrogen-bond acceptors (Lipinski definition) is 12. The van der Waals surface area contributed by atoms with Gasteiger partial charge in [0.1, 0.15) is 24.2 Å². The lowest BCUT2D eigenvalue weighted by molar-refractivity contribution is -0.136. The van der Waals surface area contributed by atoms with Crippen LogP contribution in [0.2, 0.25) is 0 Å². The molecular formula is C72H74N10O8S2. The summed E-state index contributed by atoms with van der Waals surface area (Å²) in [5, 5.41) is 13.8. The molecule has 4 aliphatic heterocycles. The molecule has 0 aliphatic carbocycles. The third-order valence-corrected chi connectivity index (χ3v) is 19.3. The predicted molar refractivity (Wildman–Crippen MR) is 361 cm³/mol. The molecule has 20 heteroatoms. The summed E-state index contributed by atoms with van der Waals surface area (Å²) in [6.07, 6.45) is 6.45. The summed E-state index contributed by atoms with van der Waals surface area (Å²) in [6.45, 7) is 9.33. The number of carbonyl (C=O) groups is 8. The molecule has 0 bridgehead atoms. The maximum atomic E-state index is 13.3. The lowest BCUT2D eigenvalue weighted by atomic mass is 10.1. The number of aryl methyl sites for hydroxylation is 2. The van der Waals surface area contributed by atoms with Crippen LogP contribution in [0.15, 0.2) is 158 Å². The van der Waals surface area contributed by atoms with E-state index in [0.29, 0.717) is 74.6 Å². The van der Waals surface area contributed by atoms with Gasteiger partial charge in [-0.15, -0.1) is 22.7 Å². The first kappa shape index (κ1) is 63.9. The third kappa shape index (κ3) is 15.2. The van der Waals surface area contributed by atoms with Gasteiger partial charge in [0.15, 0.2) is 0 Å². The van der Waals surface area contributed by atoms with Crippen LogP contribution in [0.4, 0.5) is 22.7 Å². The topological polar surface area (TPSA) is 223 Å². The van der Waals surface area contributed by atoms with E-state index >= 15 is 0 Å². The maximum Gasteiger partial charge on any atom is 0.247 e. The van der Waals surface area contributed by atoms with Gasteiger partial charge in [-0.2, -0.15) is 0 Å². The Bertz CT molecular complexity index is 3740. The number of anilines is 4. The molecule has 4 atom stereocenters. The summed E-state index contributed by atoms with van der Waals surface area (Å²) in [6, 6.07) is 47.9. The van der Waals surface area contributed by atoms with Gasteiger partial charge in [0.05, 0.1) is 44.0 Å². The first-order valence-electron chi connectivity index (χ1n) is 31.3. The zero-order chi connectivity index (χ0) is 64.4. The Hall–Kier alpha value is -9.66. The number of rotatable bonds is 16. The molecule has 18 nitrogen and oxygen atoms in total. The number of thiazole rings is 2. The van der Waals surface area contributed by atoms with E-state index in [1.165, 1.54) is 13.8 Å². The van der Waals surface area contributed by atoms with E-state index in [4.69, 9.17) is 9.97 Å². The number of nitrogens with one attached hydrogen (secondary N) is 4. The standard InChI is InChI=1S/C42H41N5O4S.C30H33N5O4S/c1-28-43-39(31-16-20-33(21-17-31)44-41(50)35-14-8-24-46(35)37(48)26-29-10-4-2-5-11-29)40(52-28)32-18-22-34(23-19-32)45-42(51)36-15-9-25-47(36)38(49)27-30-12-6-3-7-13-30;1-18-31-27(21-8-12-23(13-9-21)32-29(38)25-6-4-16-34(25)19(2)36)28(40-18)22-10-14-24(15-11-22)33-30(39)26-7-5-17-35(26)20(3)37/h2-7,10-13,16-23,35-36H,8-9,14-15,24-27H2,1H3,(H,44,50)(H,45,51);8-15,25-26H,4-7,16-17H2,1-3H3,(H,32,38)(H,33,39)/t35-,36-;25-,26-/m00/s1. The van der Waals surface area contributed by atoms with Gasteiger partial charge in [0.25, 0.3) is 0 Å². The number of nitrogens with zero attached hydrogens (tertiary/aromatic N) is 6. The summed E-state index contributed by atoms with van der Waals surface area (Å²) in [5.41, 5.74) is 10.0. The van der Waals surface area contributed by atoms with Crippen molar-refractivity contribution in [3.8, 4) is 43.4 Å². The molecule has 472 valence electrons. The zero-order valence-electron chi connectivity index (χ0n) is 52.0. The van der Waals surface area contributed by atoms with Crippen molar-refractivity contribution in [1.82, 2.24) is 29.6 Å². The quantitative estimate of drug-likeness (QED) is 0.0716. The lowest BCUT2D eigenvalue weighted by Crippen LogP contribution is -2.43. The summed E-state index contributed by atoms with van der Waals surface area (Å²) >= 11 is 3.18. The van der Waals surface area contributed by atoms with Gasteiger partial charge in [-0.05, 0) is 136 Å². The van der Waals surface area contributed by atoms with E-state index in [-0.39, 0.29) is 60.1 Å². The number of benzene rings is 6. The molecular weight excluding hydrogens is 1200 g/mol. The fraction of sp³-hybridized carbons (Fsp3) is 0.306. The normalized spacial score (nSPS) is 17.6. The smallest absolute Gasteiger partial charge is 0.247 e. The molecule has 0 unspecified atom stereocenters. The molecule has 4 N–H and O–H groups in total. The fourth-order valence-corrected chi connectivity index (χ4v) is 14.5. The molecule has 8 amide bonds. The van der Waals surface area contributed by atoms with Crippen LogP contribution in [0, 0.1) is 13.8 Å². The molecule has 6 aromatic carbocycles. The second-order valence-corrected chi connectivity index (χ2v) is 26.0. The van der Waals surface area contributed by atoms with Crippen LogP contribution >= 0.6 is 22.7 Å². The van der Waals surface area contributed by atoms with Crippen molar-refractivity contribution in [3.63, 3.8) is 0 Å². The Labute approximate surface area is 543 Å². The maximum absolute atomic E-state index is 13.3. The minimum absolute atomic E-state index is 0.0332. The molecule has 12 rings (SSSR count). The summed E-state index contributed by atoms with van der Waals surface area (Å²) in [4.78, 5) is 120. The highest BCUT2D eigenvalue weighted by Crippen LogP contribution is 2.40. The first-order valence-corrected chi connectivity index (χ1v) is 33.0. The van der Waals surface area contributed by atoms with E-state index in [0.717, 1.165) is 90.2 Å². The Balaban J connectivity index is 0.000000195. The highest BCUT2D eigenvalue weighted by Gasteiger charge is 2.37. The lowest BCUT2D eigenvalue weighted by Gasteiger charge is -2.24. The molecule has 0 saturated carbocycles. The van der Waals surface area contributed by atoms with Crippen LogP contribution in [-0.2, 0) is 51.2 Å². The Kier molecular flexibility index (Phi) is 20.2. The van der Waals surface area contributed by atoms with Gasteiger partial charge >= 0.3 is 0 Å². The Morgan fingerprint density at radius 2 is 0.652 bits per heavy atom. The van der Waals surface area contributed by atoms with Crippen LogP contribution in [0.25, 0.3) is 43.4 Å². The number of amides is 8. The number of likely N-dealkylation sites (tertiary alicyclic amines) is 4. The second kappa shape index (κ2) is 29.1. The van der Waals surface area contributed by atoms with Crippen molar-refractivity contribution in [2.75, 3.05) is 47.4 Å². The molecule has 2 aromatic heterocycles. The van der Waals surface area contributed by atoms with Crippen LogP contribution in [0.5, 0.6) is 0 Å². The molecule has 92 heavy (non-hydrogen) atoms. The second-order valence-electron chi connectivity index (χ2n) is 23.6. The van der Waals surface area contributed by atoms with Crippen molar-refractivity contribution in [3.05, 3.63) is 179 Å². The average molecular weight is 1270 g/mol. The number of hydrogen-bond donors (Lipinski definition) is 4. The van der Waals surface area contributed by atoms with Crippen LogP contribution in [0.3, 0.4) is 0 Å². The summed E-state index contributed by atoms with van der Waals surface area (Å²) in [7, 11) is 0. The molecule has 4 saturated heterocycles. The van der Waals surface area contributed by atoms with Crippen molar-refractivity contribution in [2.45, 2.75) is 116 Å². The van der Waals surface area contributed by atoms with Gasteiger partial charge < -0.3 is 40.9 Å². The van der Waals surface area contributed by atoms with E-state index in [1.54, 1.807) is 42.3 Å². The van der Waals surface area contributed by atoms with Gasteiger partial charge in [0.2, 0.25) is 47.3 Å². The van der Waals surface area contributed by atoms with Gasteiger partial charge in [-0.1, -0.05) is 109 Å². The van der Waals surface area contributed by atoms with E-state index in [9.17, 15) is 38.4 Å². The third-order valence-electron chi connectivity index (χ3n) is 17.2. The minimum Gasteiger partial charge on any atom is -0.331 e. The molecule has 4 fully saturated rings. The molecule has 8 aromatic rings. The number of aromatic nitrogens is 2. The largest absolute Gasteiger partial charge is 0.331 e.